The van der Waals surface area contributed by atoms with E-state index in [-0.39, 0.29) is 31.4 Å². The molecule has 12 nitrogen and oxygen atoms in total. The molecule has 0 radical (unpaired) electrons. The molecule has 4 aromatic rings. The van der Waals surface area contributed by atoms with Crippen molar-refractivity contribution in [1.29, 1.82) is 0 Å². The van der Waals surface area contributed by atoms with E-state index in [2.05, 4.69) is 0 Å². The van der Waals surface area contributed by atoms with E-state index in [1.54, 1.807) is 24.3 Å². The number of hydrogen-bond donors (Lipinski definition) is 4. The van der Waals surface area contributed by atoms with Gasteiger partial charge in [0.25, 0.3) is 40.5 Å². The van der Waals surface area contributed by atoms with Crippen LogP contribution in [0.15, 0.2) is 117 Å². The summed E-state index contributed by atoms with van der Waals surface area (Å²) in [4.78, 5) is -1.32. The first-order chi connectivity index (χ1) is 22.3. The van der Waals surface area contributed by atoms with Crippen molar-refractivity contribution in [2.45, 2.75) is 32.4 Å². The van der Waals surface area contributed by atoms with Crippen molar-refractivity contribution < 1.29 is 51.9 Å². The molecule has 256 valence electrons. The Morgan fingerprint density at radius 1 is 0.438 bits per heavy atom. The fraction of sp³-hybridized carbons (Fsp3) is 0.200. The molecule has 0 bridgehead atoms. The van der Waals surface area contributed by atoms with Crippen LogP contribution in [-0.4, -0.2) is 64.2 Å². The standard InChI is InChI=1S/C30H30O12P2S4/c31-45(32,33)27-9-1-5-23(15-27)43(24-6-2-10-28(16-24)46(34,35)36)19-21-13-14-22(21)20-44(25-7-3-11-29(17-25)47(37,38)39)26-8-4-12-30(18-26)48(40,41)42/h1-12,15-18,21-22H,13-14,19-20H2,(H,31,32,33)(H,34,35,36)(H,37,38,39)(H,40,41,42)/t21-,22-/m0/s1. The topological polar surface area (TPSA) is 217 Å². The van der Waals surface area contributed by atoms with E-state index >= 15 is 0 Å². The summed E-state index contributed by atoms with van der Waals surface area (Å²) in [6, 6.07) is 22.9. The lowest BCUT2D eigenvalue weighted by molar-refractivity contribution is 0.228. The monoisotopic (exact) mass is 772 g/mol. The van der Waals surface area contributed by atoms with Gasteiger partial charge in [-0.2, -0.15) is 33.7 Å². The van der Waals surface area contributed by atoms with Crippen LogP contribution in [0.25, 0.3) is 0 Å². The lowest BCUT2D eigenvalue weighted by Crippen LogP contribution is -2.35. The van der Waals surface area contributed by atoms with Gasteiger partial charge in [-0.3, -0.25) is 18.2 Å². The molecule has 0 amide bonds. The highest BCUT2D eigenvalue weighted by atomic mass is 32.2. The Labute approximate surface area is 281 Å². The largest absolute Gasteiger partial charge is 0.294 e. The maximum atomic E-state index is 12.0. The van der Waals surface area contributed by atoms with E-state index in [1.165, 1.54) is 72.8 Å². The van der Waals surface area contributed by atoms with Crippen molar-refractivity contribution in [3.8, 4) is 0 Å². The molecule has 0 unspecified atom stereocenters. The van der Waals surface area contributed by atoms with Crippen LogP contribution in [0, 0.1) is 11.8 Å². The van der Waals surface area contributed by atoms with Crippen LogP contribution >= 0.6 is 15.8 Å². The second-order valence-electron chi connectivity index (χ2n) is 11.2. The Balaban J connectivity index is 1.54. The Hall–Kier alpha value is -2.62. The average molecular weight is 773 g/mol. The summed E-state index contributed by atoms with van der Waals surface area (Å²) in [5.41, 5.74) is 0. The van der Waals surface area contributed by atoms with Crippen molar-refractivity contribution in [3.63, 3.8) is 0 Å². The summed E-state index contributed by atoms with van der Waals surface area (Å²) in [7, 11) is -21.1. The molecule has 48 heavy (non-hydrogen) atoms. The van der Waals surface area contributed by atoms with Crippen LogP contribution in [0.1, 0.15) is 12.8 Å². The first-order valence-corrected chi connectivity index (χ1v) is 23.0. The van der Waals surface area contributed by atoms with Crippen LogP contribution in [0.4, 0.5) is 0 Å². The molecule has 4 aromatic carbocycles. The second kappa shape index (κ2) is 13.9. The van der Waals surface area contributed by atoms with E-state index in [4.69, 9.17) is 0 Å². The zero-order valence-electron chi connectivity index (χ0n) is 24.8. The van der Waals surface area contributed by atoms with Gasteiger partial charge in [-0.1, -0.05) is 48.5 Å². The van der Waals surface area contributed by atoms with Crippen molar-refractivity contribution in [1.82, 2.24) is 0 Å². The quantitative estimate of drug-likeness (QED) is 0.121. The molecule has 0 aliphatic heterocycles. The first kappa shape index (κ1) is 36.7. The smallest absolute Gasteiger partial charge is 0.282 e. The molecule has 5 rings (SSSR count). The van der Waals surface area contributed by atoms with Crippen LogP contribution in [0.5, 0.6) is 0 Å². The Morgan fingerprint density at radius 3 is 0.854 bits per heavy atom. The molecule has 18 heteroatoms. The minimum Gasteiger partial charge on any atom is -0.282 e. The van der Waals surface area contributed by atoms with Gasteiger partial charge in [0.05, 0.1) is 19.6 Å². The third kappa shape index (κ3) is 8.75. The zero-order chi connectivity index (χ0) is 35.1. The fourth-order valence-corrected chi connectivity index (χ4v) is 13.6. The maximum absolute atomic E-state index is 12.0. The minimum absolute atomic E-state index is 0.000551. The van der Waals surface area contributed by atoms with Gasteiger partial charge < -0.3 is 0 Å². The molecule has 1 fully saturated rings. The third-order valence-corrected chi connectivity index (χ3v) is 16.8. The number of rotatable bonds is 12. The van der Waals surface area contributed by atoms with Gasteiger partial charge in [-0.25, -0.2) is 0 Å². The third-order valence-electron chi connectivity index (χ3n) is 8.12. The van der Waals surface area contributed by atoms with Gasteiger partial charge in [0, 0.05) is 0 Å². The average Bonchev–Trinajstić information content (AvgIpc) is 3.00. The SMILES string of the molecule is O=S(=O)(O)c1cccc(P(C[C@@H]2CC[C@H]2CP(c2cccc(S(=O)(=O)O)c2)c2cccc(S(=O)(=O)O)c2)c2cccc(S(=O)(=O)O)c2)c1. The fourth-order valence-electron chi connectivity index (χ4n) is 5.56. The highest BCUT2D eigenvalue weighted by Gasteiger charge is 2.36. The summed E-state index contributed by atoms with van der Waals surface area (Å²) in [6.07, 6.45) is 2.42. The van der Waals surface area contributed by atoms with Gasteiger partial charge in [0.2, 0.25) is 0 Å². The van der Waals surface area contributed by atoms with E-state index in [1.807, 2.05) is 0 Å². The molecular weight excluding hydrogens is 743 g/mol. The van der Waals surface area contributed by atoms with Gasteiger partial charge in [-0.05, 0) is 123 Å². The van der Waals surface area contributed by atoms with Gasteiger partial charge >= 0.3 is 0 Å². The van der Waals surface area contributed by atoms with Crippen molar-refractivity contribution in [3.05, 3.63) is 97.1 Å². The lowest BCUT2D eigenvalue weighted by Gasteiger charge is -2.41. The molecule has 1 aliphatic rings. The molecular formula is C30H30O12P2S4. The second-order valence-corrected chi connectivity index (χ2v) is 21.4. The lowest BCUT2D eigenvalue weighted by atomic mass is 9.76. The van der Waals surface area contributed by atoms with Gasteiger partial charge in [0.15, 0.2) is 0 Å². The number of benzene rings is 4. The van der Waals surface area contributed by atoms with Gasteiger partial charge in [-0.15, -0.1) is 0 Å². The normalized spacial score (nSPS) is 17.4. The van der Waals surface area contributed by atoms with Crippen molar-refractivity contribution in [2.24, 2.45) is 11.8 Å². The Bertz CT molecular complexity index is 1980. The minimum atomic E-state index is -4.55. The molecule has 2 atom stereocenters. The van der Waals surface area contributed by atoms with Gasteiger partial charge in [0.1, 0.15) is 0 Å². The summed E-state index contributed by atoms with van der Waals surface area (Å²) < 4.78 is 135. The molecule has 1 aliphatic carbocycles. The maximum Gasteiger partial charge on any atom is 0.294 e. The summed E-state index contributed by atoms with van der Waals surface area (Å²) in [5, 5.41) is 2.17. The van der Waals surface area contributed by atoms with E-state index in [0.29, 0.717) is 33.5 Å². The summed E-state index contributed by atoms with van der Waals surface area (Å²) in [5.74, 6) is -0.00110. The predicted octanol–water partition coefficient (Wildman–Crippen LogP) is 3.27. The van der Waals surface area contributed by atoms with Crippen LogP contribution in [0.2, 0.25) is 0 Å². The van der Waals surface area contributed by atoms with E-state index < -0.39 is 56.3 Å². The summed E-state index contributed by atoms with van der Waals surface area (Å²) in [6.45, 7) is 0. The zero-order valence-corrected chi connectivity index (χ0v) is 29.9. The highest BCUT2D eigenvalue weighted by molar-refractivity contribution is 7.86. The molecule has 0 saturated heterocycles. The molecule has 4 N–H and O–H groups in total. The first-order valence-electron chi connectivity index (χ1n) is 14.2. The summed E-state index contributed by atoms with van der Waals surface area (Å²) >= 11 is 0. The van der Waals surface area contributed by atoms with E-state index in [0.717, 1.165) is 12.8 Å². The number of hydrogen-bond acceptors (Lipinski definition) is 8. The van der Waals surface area contributed by atoms with Crippen LogP contribution in [-0.2, 0) is 40.5 Å². The molecule has 0 spiro atoms. The molecule has 1 saturated carbocycles. The van der Waals surface area contributed by atoms with Crippen LogP contribution in [0.3, 0.4) is 0 Å². The highest BCUT2D eigenvalue weighted by Crippen LogP contribution is 2.50. The van der Waals surface area contributed by atoms with Crippen molar-refractivity contribution in [2.75, 3.05) is 12.3 Å². The molecule has 0 heterocycles. The Morgan fingerprint density at radius 2 is 0.667 bits per heavy atom. The predicted molar refractivity (Wildman–Crippen MR) is 183 cm³/mol. The van der Waals surface area contributed by atoms with Crippen LogP contribution < -0.4 is 21.2 Å². The Kier molecular flexibility index (Phi) is 10.7. The molecule has 0 aromatic heterocycles. The van der Waals surface area contributed by atoms with E-state index in [9.17, 15) is 51.9 Å². The van der Waals surface area contributed by atoms with Crippen molar-refractivity contribution >= 4 is 77.5 Å².